The molecule has 1 atom stereocenters. The van der Waals surface area contributed by atoms with Gasteiger partial charge in [-0.2, -0.15) is 0 Å². The van der Waals surface area contributed by atoms with Gasteiger partial charge < -0.3 is 25.0 Å². The lowest BCUT2D eigenvalue weighted by atomic mass is 10.2. The number of ether oxygens (including phenoxy) is 2. The van der Waals surface area contributed by atoms with E-state index in [1.165, 1.54) is 4.88 Å². The van der Waals surface area contributed by atoms with Crippen molar-refractivity contribution in [2.45, 2.75) is 12.6 Å². The summed E-state index contributed by atoms with van der Waals surface area (Å²) >= 11 is 1.77. The van der Waals surface area contributed by atoms with Gasteiger partial charge in [0.05, 0.1) is 6.04 Å². The Labute approximate surface area is 152 Å². The fraction of sp³-hybridized carbons (Fsp3) is 0.389. The van der Waals surface area contributed by atoms with Crippen LogP contribution in [0.3, 0.4) is 0 Å². The molecule has 0 spiro atoms. The van der Waals surface area contributed by atoms with Crippen molar-refractivity contribution in [2.24, 2.45) is 4.99 Å². The zero-order chi connectivity index (χ0) is 17.6. The van der Waals surface area contributed by atoms with Gasteiger partial charge in [0.2, 0.25) is 6.79 Å². The summed E-state index contributed by atoms with van der Waals surface area (Å²) in [5, 5.41) is 8.86. The van der Waals surface area contributed by atoms with E-state index in [4.69, 9.17) is 9.47 Å². The molecule has 2 heterocycles. The monoisotopic (exact) mass is 360 g/mol. The molecule has 0 saturated heterocycles. The summed E-state index contributed by atoms with van der Waals surface area (Å²) in [5.74, 6) is 2.38. The lowest BCUT2D eigenvalue weighted by Crippen LogP contribution is -2.41. The van der Waals surface area contributed by atoms with Crippen molar-refractivity contribution in [1.29, 1.82) is 0 Å². The number of fused-ring (bicyclic) bond motifs is 1. The molecular formula is C18H24N4O2S. The van der Waals surface area contributed by atoms with Crippen LogP contribution in [0.25, 0.3) is 0 Å². The van der Waals surface area contributed by atoms with Gasteiger partial charge in [0, 0.05) is 25.0 Å². The van der Waals surface area contributed by atoms with Crippen molar-refractivity contribution in [3.05, 3.63) is 46.2 Å². The van der Waals surface area contributed by atoms with Crippen LogP contribution >= 0.6 is 11.3 Å². The van der Waals surface area contributed by atoms with Crippen LogP contribution in [0.15, 0.2) is 40.7 Å². The Kier molecular flexibility index (Phi) is 5.78. The van der Waals surface area contributed by atoms with E-state index < -0.39 is 0 Å². The van der Waals surface area contributed by atoms with Crippen LogP contribution in [0, 0.1) is 0 Å². The molecule has 7 heteroatoms. The van der Waals surface area contributed by atoms with Crippen molar-refractivity contribution >= 4 is 17.3 Å². The standard InChI is InChI=1S/C18H24N4O2S/c1-19-18(21-11-14(22(2)3)17-5-4-8-25-17)20-10-13-6-7-15-16(9-13)24-12-23-15/h4-9,14H,10-12H2,1-3H3,(H2,19,20,21). The second kappa shape index (κ2) is 8.22. The SMILES string of the molecule is CN=C(NCc1ccc2c(c1)OCO2)NCC(c1cccs1)N(C)C. The van der Waals surface area contributed by atoms with E-state index in [-0.39, 0.29) is 0 Å². The van der Waals surface area contributed by atoms with Crippen LogP contribution in [0.4, 0.5) is 0 Å². The molecule has 1 aromatic carbocycles. The molecule has 134 valence electrons. The summed E-state index contributed by atoms with van der Waals surface area (Å²) in [6.07, 6.45) is 0. The van der Waals surface area contributed by atoms with Gasteiger partial charge in [-0.3, -0.25) is 4.99 Å². The Hall–Kier alpha value is -2.25. The number of rotatable bonds is 6. The highest BCUT2D eigenvalue weighted by atomic mass is 32.1. The lowest BCUT2D eigenvalue weighted by molar-refractivity contribution is 0.174. The first-order valence-electron chi connectivity index (χ1n) is 8.20. The summed E-state index contributed by atoms with van der Waals surface area (Å²) in [7, 11) is 5.97. The van der Waals surface area contributed by atoms with Gasteiger partial charge in [0.25, 0.3) is 0 Å². The highest BCUT2D eigenvalue weighted by Crippen LogP contribution is 2.32. The van der Waals surface area contributed by atoms with Crippen molar-refractivity contribution < 1.29 is 9.47 Å². The van der Waals surface area contributed by atoms with Gasteiger partial charge in [-0.25, -0.2) is 0 Å². The molecular weight excluding hydrogens is 336 g/mol. The number of benzene rings is 1. The third-order valence-electron chi connectivity index (χ3n) is 4.08. The van der Waals surface area contributed by atoms with Gasteiger partial charge in [-0.1, -0.05) is 12.1 Å². The maximum Gasteiger partial charge on any atom is 0.231 e. The Bertz CT molecular complexity index is 716. The minimum atomic E-state index is 0.296. The first-order valence-corrected chi connectivity index (χ1v) is 9.08. The number of aliphatic imine (C=N–C) groups is 1. The molecule has 1 aliphatic heterocycles. The van der Waals surface area contributed by atoms with Crippen LogP contribution in [-0.4, -0.2) is 45.3 Å². The smallest absolute Gasteiger partial charge is 0.231 e. The average molecular weight is 360 g/mol. The predicted molar refractivity (Wildman–Crippen MR) is 102 cm³/mol. The number of hydrogen-bond acceptors (Lipinski definition) is 5. The minimum absolute atomic E-state index is 0.296. The molecule has 1 aromatic heterocycles. The quantitative estimate of drug-likeness (QED) is 0.612. The minimum Gasteiger partial charge on any atom is -0.454 e. The number of guanidine groups is 1. The summed E-state index contributed by atoms with van der Waals surface area (Å²) in [4.78, 5) is 7.86. The van der Waals surface area contributed by atoms with Gasteiger partial charge in [-0.15, -0.1) is 11.3 Å². The van der Waals surface area contributed by atoms with Gasteiger partial charge in [0.15, 0.2) is 17.5 Å². The molecule has 2 aromatic rings. The second-order valence-electron chi connectivity index (χ2n) is 5.99. The van der Waals surface area contributed by atoms with Crippen LogP contribution in [-0.2, 0) is 6.54 Å². The molecule has 3 rings (SSSR count). The maximum atomic E-state index is 5.42. The van der Waals surface area contributed by atoms with E-state index in [0.29, 0.717) is 19.4 Å². The Morgan fingerprint density at radius 2 is 2.08 bits per heavy atom. The van der Waals surface area contributed by atoms with Crippen molar-refractivity contribution in [3.63, 3.8) is 0 Å². The topological polar surface area (TPSA) is 58.1 Å². The van der Waals surface area contributed by atoms with E-state index in [2.05, 4.69) is 52.1 Å². The summed E-state index contributed by atoms with van der Waals surface area (Å²) < 4.78 is 10.8. The van der Waals surface area contributed by atoms with Crippen LogP contribution < -0.4 is 20.1 Å². The van der Waals surface area contributed by atoms with Gasteiger partial charge >= 0.3 is 0 Å². The van der Waals surface area contributed by atoms with Crippen molar-refractivity contribution in [2.75, 3.05) is 34.5 Å². The zero-order valence-electron chi connectivity index (χ0n) is 14.8. The lowest BCUT2D eigenvalue weighted by Gasteiger charge is -2.24. The maximum absolute atomic E-state index is 5.42. The summed E-state index contributed by atoms with van der Waals surface area (Å²) in [6.45, 7) is 1.75. The largest absolute Gasteiger partial charge is 0.454 e. The number of thiophene rings is 1. The molecule has 25 heavy (non-hydrogen) atoms. The van der Waals surface area contributed by atoms with E-state index in [1.807, 2.05) is 18.2 Å². The molecule has 0 bridgehead atoms. The fourth-order valence-corrected chi connectivity index (χ4v) is 3.59. The van der Waals surface area contributed by atoms with E-state index in [9.17, 15) is 0 Å². The van der Waals surface area contributed by atoms with E-state index >= 15 is 0 Å². The predicted octanol–water partition coefficient (Wildman–Crippen LogP) is 2.44. The molecule has 2 N–H and O–H groups in total. The highest BCUT2D eigenvalue weighted by Gasteiger charge is 2.16. The van der Waals surface area contributed by atoms with Crippen molar-refractivity contribution in [1.82, 2.24) is 15.5 Å². The van der Waals surface area contributed by atoms with Crippen molar-refractivity contribution in [3.8, 4) is 11.5 Å². The number of nitrogens with zero attached hydrogens (tertiary/aromatic N) is 2. The van der Waals surface area contributed by atoms with Crippen LogP contribution in [0.1, 0.15) is 16.5 Å². The van der Waals surface area contributed by atoms with Gasteiger partial charge in [0.1, 0.15) is 0 Å². The molecule has 0 saturated carbocycles. The first kappa shape index (κ1) is 17.6. The average Bonchev–Trinajstić information content (AvgIpc) is 3.28. The number of likely N-dealkylation sites (N-methyl/N-ethyl adjacent to an activating group) is 1. The normalized spacial score (nSPS) is 14.6. The van der Waals surface area contributed by atoms with E-state index in [1.54, 1.807) is 18.4 Å². The molecule has 1 aliphatic rings. The molecule has 1 unspecified atom stereocenters. The van der Waals surface area contributed by atoms with E-state index in [0.717, 1.165) is 29.6 Å². The second-order valence-corrected chi connectivity index (χ2v) is 6.97. The molecule has 6 nitrogen and oxygen atoms in total. The highest BCUT2D eigenvalue weighted by molar-refractivity contribution is 7.10. The summed E-state index contributed by atoms with van der Waals surface area (Å²) in [5.41, 5.74) is 1.12. The Morgan fingerprint density at radius 1 is 1.24 bits per heavy atom. The fourth-order valence-electron chi connectivity index (χ4n) is 2.67. The molecule has 0 aliphatic carbocycles. The summed E-state index contributed by atoms with van der Waals surface area (Å²) in [6, 6.07) is 10.5. The van der Waals surface area contributed by atoms with Gasteiger partial charge in [-0.05, 0) is 43.2 Å². The third-order valence-corrected chi connectivity index (χ3v) is 5.05. The third kappa shape index (κ3) is 4.43. The Morgan fingerprint density at radius 3 is 2.80 bits per heavy atom. The number of hydrogen-bond donors (Lipinski definition) is 2. The molecule has 0 radical (unpaired) electrons. The van der Waals surface area contributed by atoms with Crippen LogP contribution in [0.2, 0.25) is 0 Å². The first-order chi connectivity index (χ1) is 12.2. The number of nitrogens with one attached hydrogen (secondary N) is 2. The molecule has 0 amide bonds. The molecule has 0 fully saturated rings. The zero-order valence-corrected chi connectivity index (χ0v) is 15.6. The Balaban J connectivity index is 1.54. The van der Waals surface area contributed by atoms with Crippen LogP contribution in [0.5, 0.6) is 11.5 Å².